The Bertz CT molecular complexity index is 1430. The molecule has 5 aliphatic rings. The normalized spacial score (nSPS) is 43.5. The SMILES string of the molecule is CNC(C)(CCOC)CO[C@H]1[C@H](n2nnc(N)n2)C[C@]2(C)COC[C@@]13C1=CC[C@@]4(C)[C@H](C(=O)O)[C@@](C)([C@H](C)C(C)C)CC[C@]4(C)[C@H]1CC[C@H]23. The highest BCUT2D eigenvalue weighted by molar-refractivity contribution is 5.73. The Kier molecular flexibility index (Phi) is 9.40. The fraction of sp³-hybridized carbons (Fsp3) is 0.895. The summed E-state index contributed by atoms with van der Waals surface area (Å²) in [5.41, 5.74) is 5.76. The first-order valence-corrected chi connectivity index (χ1v) is 18.8. The van der Waals surface area contributed by atoms with Gasteiger partial charge in [-0.25, -0.2) is 0 Å². The van der Waals surface area contributed by atoms with Crippen molar-refractivity contribution in [3.63, 3.8) is 0 Å². The Hall–Kier alpha value is -2.08. The van der Waals surface area contributed by atoms with Crippen LogP contribution in [0.4, 0.5) is 5.95 Å². The van der Waals surface area contributed by atoms with E-state index in [1.54, 1.807) is 11.9 Å². The van der Waals surface area contributed by atoms with E-state index in [1.807, 2.05) is 7.05 Å². The number of anilines is 1. The van der Waals surface area contributed by atoms with Crippen molar-refractivity contribution in [3.8, 4) is 0 Å². The summed E-state index contributed by atoms with van der Waals surface area (Å²) >= 11 is 0. The Morgan fingerprint density at radius 1 is 1.18 bits per heavy atom. The molecule has 2 heterocycles. The molecule has 0 aromatic carbocycles. The van der Waals surface area contributed by atoms with E-state index in [2.05, 4.69) is 82.2 Å². The van der Waals surface area contributed by atoms with Crippen molar-refractivity contribution in [1.82, 2.24) is 25.5 Å². The highest BCUT2D eigenvalue weighted by Crippen LogP contribution is 2.75. The van der Waals surface area contributed by atoms with Gasteiger partial charge in [-0.2, -0.15) is 4.80 Å². The number of likely N-dealkylation sites (N-methyl/N-ethyl adjacent to an activating group) is 1. The molecule has 6 rings (SSSR count). The molecular formula is C38H64N6O5. The van der Waals surface area contributed by atoms with Gasteiger partial charge in [0.1, 0.15) is 6.04 Å². The van der Waals surface area contributed by atoms with E-state index in [0.29, 0.717) is 44.2 Å². The fourth-order valence-electron chi connectivity index (χ4n) is 12.3. The van der Waals surface area contributed by atoms with Crippen molar-refractivity contribution in [3.05, 3.63) is 11.6 Å². The van der Waals surface area contributed by atoms with E-state index in [4.69, 9.17) is 19.9 Å². The van der Waals surface area contributed by atoms with Gasteiger partial charge in [0.05, 0.1) is 31.8 Å². The number of nitrogens with one attached hydrogen (secondary N) is 1. The number of carboxylic acid groups (broad SMARTS) is 1. The number of tetrazole rings is 1. The number of hydrogen-bond acceptors (Lipinski definition) is 9. The Balaban J connectivity index is 1.50. The third kappa shape index (κ3) is 5.33. The predicted molar refractivity (Wildman–Crippen MR) is 189 cm³/mol. The Morgan fingerprint density at radius 3 is 2.53 bits per heavy atom. The first-order chi connectivity index (χ1) is 23.0. The van der Waals surface area contributed by atoms with Gasteiger partial charge in [-0.1, -0.05) is 65.2 Å². The van der Waals surface area contributed by atoms with Crippen molar-refractivity contribution in [2.45, 2.75) is 118 Å². The minimum Gasteiger partial charge on any atom is -0.481 e. The predicted octanol–water partition coefficient (Wildman–Crippen LogP) is 5.78. The average Bonchev–Trinajstić information content (AvgIpc) is 3.48. The smallest absolute Gasteiger partial charge is 0.307 e. The number of carbonyl (C=O) groups is 1. The molecule has 2 bridgehead atoms. The van der Waals surface area contributed by atoms with Crippen LogP contribution in [-0.4, -0.2) is 83.5 Å². The largest absolute Gasteiger partial charge is 0.481 e. The van der Waals surface area contributed by atoms with E-state index < -0.39 is 22.7 Å². The molecule has 1 aliphatic heterocycles. The van der Waals surface area contributed by atoms with Gasteiger partial charge < -0.3 is 30.4 Å². The molecule has 4 N–H and O–H groups in total. The summed E-state index contributed by atoms with van der Waals surface area (Å²) in [7, 11) is 3.72. The number of hydrogen-bond donors (Lipinski definition) is 3. The number of allylic oxidation sites excluding steroid dienone is 1. The lowest BCUT2D eigenvalue weighted by Crippen LogP contribution is -2.70. The van der Waals surface area contributed by atoms with Crippen molar-refractivity contribution in [2.75, 3.05) is 46.3 Å². The highest BCUT2D eigenvalue weighted by Gasteiger charge is 2.73. The minimum atomic E-state index is -0.642. The van der Waals surface area contributed by atoms with Gasteiger partial charge in [0.15, 0.2) is 0 Å². The molecule has 0 amide bonds. The van der Waals surface area contributed by atoms with Crippen molar-refractivity contribution < 1.29 is 24.1 Å². The second kappa shape index (κ2) is 12.6. The molecule has 0 radical (unpaired) electrons. The lowest BCUT2D eigenvalue weighted by atomic mass is 9.34. The Morgan fingerprint density at radius 2 is 1.92 bits per heavy atom. The molecule has 12 atom stereocenters. The van der Waals surface area contributed by atoms with Crippen LogP contribution in [0, 0.1) is 56.7 Å². The molecule has 1 aromatic rings. The fourth-order valence-corrected chi connectivity index (χ4v) is 12.3. The third-order valence-electron chi connectivity index (χ3n) is 15.8. The van der Waals surface area contributed by atoms with Crippen LogP contribution in [0.3, 0.4) is 0 Å². The molecule has 0 spiro atoms. The Labute approximate surface area is 293 Å². The van der Waals surface area contributed by atoms with Gasteiger partial charge in [0.25, 0.3) is 5.95 Å². The number of nitrogens with two attached hydrogens (primary N) is 1. The average molecular weight is 685 g/mol. The third-order valence-corrected chi connectivity index (χ3v) is 15.8. The molecule has 11 heteroatoms. The van der Waals surface area contributed by atoms with E-state index in [0.717, 1.165) is 44.9 Å². The van der Waals surface area contributed by atoms with Gasteiger partial charge in [0.2, 0.25) is 0 Å². The standard InChI is InChI=1S/C38H64N6O5/c1-23(2)24(3)35(6)15-16-36(7)25-11-12-28-33(4)19-27(44-42-32(39)41-43-44)30(49-21-34(5,40-9)17-18-47-10)38(28,22-48-20-33)26(25)13-14-37(36,8)29(35)31(45)46/h13,23-25,27-30,40H,11-12,14-22H2,1-10H3,(H2,39,42)(H,45,46)/t24-,25+,27-,28-,29-,30+,33-,34?,35-,36-,37+,38+/m1/s1. The molecule has 11 nitrogen and oxygen atoms in total. The van der Waals surface area contributed by atoms with Crippen LogP contribution < -0.4 is 11.1 Å². The van der Waals surface area contributed by atoms with Gasteiger partial charge >= 0.3 is 5.97 Å². The summed E-state index contributed by atoms with van der Waals surface area (Å²) < 4.78 is 19.5. The number of aliphatic carboxylic acids is 1. The van der Waals surface area contributed by atoms with Gasteiger partial charge in [0, 0.05) is 24.7 Å². The van der Waals surface area contributed by atoms with Crippen LogP contribution in [0.2, 0.25) is 0 Å². The number of ether oxygens (including phenoxy) is 3. The monoisotopic (exact) mass is 684 g/mol. The van der Waals surface area contributed by atoms with Gasteiger partial charge in [-0.15, -0.1) is 5.10 Å². The summed E-state index contributed by atoms with van der Waals surface area (Å²) in [5.74, 6) is 0.339. The van der Waals surface area contributed by atoms with Crippen LogP contribution in [0.5, 0.6) is 0 Å². The molecule has 1 unspecified atom stereocenters. The maximum Gasteiger partial charge on any atom is 0.307 e. The second-order valence-corrected chi connectivity index (χ2v) is 18.4. The van der Waals surface area contributed by atoms with Crippen LogP contribution in [0.25, 0.3) is 0 Å². The first-order valence-electron chi connectivity index (χ1n) is 18.8. The number of methoxy groups -OCH3 is 1. The maximum absolute atomic E-state index is 13.5. The highest BCUT2D eigenvalue weighted by atomic mass is 16.5. The lowest BCUT2D eigenvalue weighted by Gasteiger charge is -2.71. The second-order valence-electron chi connectivity index (χ2n) is 18.4. The number of carboxylic acids is 1. The zero-order valence-electron chi connectivity index (χ0n) is 31.8. The number of nitrogen functional groups attached to an aromatic ring is 1. The van der Waals surface area contributed by atoms with Crippen LogP contribution >= 0.6 is 0 Å². The molecule has 3 saturated carbocycles. The van der Waals surface area contributed by atoms with Crippen molar-refractivity contribution in [2.24, 2.45) is 56.7 Å². The molecule has 276 valence electrons. The zero-order chi connectivity index (χ0) is 35.8. The van der Waals surface area contributed by atoms with Crippen LogP contribution in [0.15, 0.2) is 11.6 Å². The first kappa shape index (κ1) is 36.7. The number of aromatic nitrogens is 4. The summed E-state index contributed by atoms with van der Waals surface area (Å²) in [6, 6.07) is -0.187. The molecule has 1 aromatic heterocycles. The molecule has 1 saturated heterocycles. The van der Waals surface area contributed by atoms with Crippen molar-refractivity contribution >= 4 is 11.9 Å². The van der Waals surface area contributed by atoms with E-state index in [9.17, 15) is 9.90 Å². The van der Waals surface area contributed by atoms with Crippen molar-refractivity contribution in [1.29, 1.82) is 0 Å². The summed E-state index contributed by atoms with van der Waals surface area (Å²) in [6.45, 7) is 20.7. The molecule has 49 heavy (non-hydrogen) atoms. The lowest BCUT2D eigenvalue weighted by molar-refractivity contribution is -0.255. The van der Waals surface area contributed by atoms with E-state index >= 15 is 0 Å². The number of nitrogens with zero attached hydrogens (tertiary/aromatic N) is 4. The maximum atomic E-state index is 13.5. The van der Waals surface area contributed by atoms with Crippen LogP contribution in [0.1, 0.15) is 106 Å². The number of rotatable bonds is 11. The molecule has 4 aliphatic carbocycles. The van der Waals surface area contributed by atoms with Crippen LogP contribution in [-0.2, 0) is 19.0 Å². The van der Waals surface area contributed by atoms with Gasteiger partial charge in [-0.3, -0.25) is 4.79 Å². The summed E-state index contributed by atoms with van der Waals surface area (Å²) in [6.07, 6.45) is 8.53. The minimum absolute atomic E-state index is 0.123. The number of fused-ring (bicyclic) bond motifs is 3. The molecule has 4 fully saturated rings. The quantitative estimate of drug-likeness (QED) is 0.245. The van der Waals surface area contributed by atoms with E-state index in [-0.39, 0.29) is 45.8 Å². The summed E-state index contributed by atoms with van der Waals surface area (Å²) in [5, 5.41) is 27.8. The van der Waals surface area contributed by atoms with Gasteiger partial charge in [-0.05, 0) is 109 Å². The van der Waals surface area contributed by atoms with E-state index in [1.165, 1.54) is 5.57 Å². The summed E-state index contributed by atoms with van der Waals surface area (Å²) in [4.78, 5) is 15.2. The topological polar surface area (TPSA) is 147 Å². The molecular weight excluding hydrogens is 620 g/mol. The zero-order valence-corrected chi connectivity index (χ0v) is 31.8.